The quantitative estimate of drug-likeness (QED) is 0.320. The van der Waals surface area contributed by atoms with E-state index in [4.69, 9.17) is 17.1 Å². The van der Waals surface area contributed by atoms with Gasteiger partial charge in [0.25, 0.3) is 0 Å². The van der Waals surface area contributed by atoms with Crippen molar-refractivity contribution in [2.24, 2.45) is 10.1 Å². The van der Waals surface area contributed by atoms with Crippen LogP contribution in [0.2, 0.25) is 5.02 Å². The lowest BCUT2D eigenvalue weighted by Gasteiger charge is -1.98. The number of azide groups is 1. The van der Waals surface area contributed by atoms with Crippen LogP contribution in [0.4, 0.5) is 11.4 Å². The summed E-state index contributed by atoms with van der Waals surface area (Å²) in [5, 5.41) is 4.26. The fraction of sp³-hybridized carbons (Fsp3) is 0. The van der Waals surface area contributed by atoms with Crippen molar-refractivity contribution in [1.29, 1.82) is 0 Å². The average Bonchev–Trinajstić information content (AvgIpc) is 2.40. The highest BCUT2D eigenvalue weighted by molar-refractivity contribution is 6.30. The molecule has 2 rings (SSSR count). The van der Waals surface area contributed by atoms with Gasteiger partial charge in [-0.25, -0.2) is 0 Å². The van der Waals surface area contributed by atoms with Crippen LogP contribution in [0.15, 0.2) is 58.6 Å². The number of hydrogen-bond donors (Lipinski definition) is 0. The Bertz CT molecular complexity index is 613. The molecular formula is C13H9ClN4. The molecule has 0 spiro atoms. The lowest BCUT2D eigenvalue weighted by Crippen LogP contribution is -1.79. The van der Waals surface area contributed by atoms with Crippen LogP contribution in [0.1, 0.15) is 5.56 Å². The third-order valence-electron chi connectivity index (χ3n) is 2.26. The minimum Gasteiger partial charge on any atom is -0.256 e. The van der Waals surface area contributed by atoms with Gasteiger partial charge in [-0.3, -0.25) is 4.99 Å². The van der Waals surface area contributed by atoms with Crippen LogP contribution in [-0.4, -0.2) is 6.21 Å². The molecule has 4 nitrogen and oxygen atoms in total. The number of halogens is 1. The van der Waals surface area contributed by atoms with Gasteiger partial charge in [0.1, 0.15) is 0 Å². The topological polar surface area (TPSA) is 61.1 Å². The zero-order valence-electron chi connectivity index (χ0n) is 9.36. The van der Waals surface area contributed by atoms with Gasteiger partial charge in [-0.1, -0.05) is 47.0 Å². The van der Waals surface area contributed by atoms with E-state index in [1.807, 2.05) is 18.2 Å². The molecule has 2 aromatic rings. The Balaban J connectivity index is 2.28. The molecular weight excluding hydrogens is 248 g/mol. The third kappa shape index (κ3) is 3.10. The van der Waals surface area contributed by atoms with Gasteiger partial charge in [0.15, 0.2) is 0 Å². The van der Waals surface area contributed by atoms with Gasteiger partial charge in [0.2, 0.25) is 0 Å². The van der Waals surface area contributed by atoms with Gasteiger partial charge < -0.3 is 0 Å². The minimum atomic E-state index is 0.505. The highest BCUT2D eigenvalue weighted by Gasteiger charge is 1.96. The Labute approximate surface area is 109 Å². The monoisotopic (exact) mass is 256 g/mol. The average molecular weight is 257 g/mol. The van der Waals surface area contributed by atoms with E-state index >= 15 is 0 Å². The second-order valence-electron chi connectivity index (χ2n) is 3.49. The molecule has 0 saturated carbocycles. The Hall–Kier alpha value is -2.29. The predicted octanol–water partition coefficient (Wildman–Crippen LogP) is 5.03. The van der Waals surface area contributed by atoms with Crippen LogP contribution >= 0.6 is 11.6 Å². The van der Waals surface area contributed by atoms with E-state index in [2.05, 4.69) is 15.0 Å². The maximum atomic E-state index is 8.45. The second-order valence-corrected chi connectivity index (χ2v) is 3.92. The lowest BCUT2D eigenvalue weighted by atomic mass is 10.2. The van der Waals surface area contributed by atoms with E-state index in [0.717, 1.165) is 5.56 Å². The number of aliphatic imine (C=N–C) groups is 1. The van der Waals surface area contributed by atoms with Crippen molar-refractivity contribution in [3.05, 3.63) is 69.6 Å². The second kappa shape index (κ2) is 5.87. The molecule has 0 aliphatic carbocycles. The maximum absolute atomic E-state index is 8.45. The predicted molar refractivity (Wildman–Crippen MR) is 74.0 cm³/mol. The Morgan fingerprint density at radius 3 is 2.33 bits per heavy atom. The summed E-state index contributed by atoms with van der Waals surface area (Å²) in [5.74, 6) is 0. The molecule has 0 aromatic heterocycles. The normalized spacial score (nSPS) is 10.3. The molecule has 2 aromatic carbocycles. The number of hydrogen-bond acceptors (Lipinski definition) is 2. The first-order chi connectivity index (χ1) is 8.79. The summed E-state index contributed by atoms with van der Waals surface area (Å²) in [6.07, 6.45) is 1.70. The van der Waals surface area contributed by atoms with Gasteiger partial charge >= 0.3 is 0 Å². The molecule has 0 amide bonds. The summed E-state index contributed by atoms with van der Waals surface area (Å²) in [6.45, 7) is 0. The molecule has 0 fully saturated rings. The summed E-state index contributed by atoms with van der Waals surface area (Å²) < 4.78 is 0. The molecule has 0 heterocycles. The fourth-order valence-corrected chi connectivity index (χ4v) is 1.52. The summed E-state index contributed by atoms with van der Waals surface area (Å²) >= 11 is 5.80. The first-order valence-corrected chi connectivity index (χ1v) is 5.61. The fourth-order valence-electron chi connectivity index (χ4n) is 1.40. The van der Waals surface area contributed by atoms with Crippen molar-refractivity contribution in [2.45, 2.75) is 0 Å². The van der Waals surface area contributed by atoms with E-state index in [1.165, 1.54) is 0 Å². The number of nitrogens with zero attached hydrogens (tertiary/aromatic N) is 4. The molecule has 0 aliphatic heterocycles. The van der Waals surface area contributed by atoms with Crippen LogP contribution in [-0.2, 0) is 0 Å². The smallest absolute Gasteiger partial charge is 0.0725 e. The highest BCUT2D eigenvalue weighted by atomic mass is 35.5. The van der Waals surface area contributed by atoms with Crippen molar-refractivity contribution in [3.63, 3.8) is 0 Å². The van der Waals surface area contributed by atoms with Gasteiger partial charge in [-0.2, -0.15) is 0 Å². The first kappa shape index (κ1) is 12.2. The molecule has 0 bridgehead atoms. The van der Waals surface area contributed by atoms with Crippen molar-refractivity contribution in [2.75, 3.05) is 0 Å². The van der Waals surface area contributed by atoms with Crippen LogP contribution in [0.5, 0.6) is 0 Å². The van der Waals surface area contributed by atoms with Gasteiger partial charge in [0.05, 0.1) is 11.4 Å². The van der Waals surface area contributed by atoms with Crippen molar-refractivity contribution >= 4 is 29.2 Å². The van der Waals surface area contributed by atoms with E-state index in [1.54, 1.807) is 36.5 Å². The number of benzene rings is 2. The molecule has 0 radical (unpaired) electrons. The molecule has 18 heavy (non-hydrogen) atoms. The molecule has 5 heteroatoms. The van der Waals surface area contributed by atoms with Crippen LogP contribution in [0.25, 0.3) is 10.4 Å². The maximum Gasteiger partial charge on any atom is 0.0725 e. The zero-order valence-corrected chi connectivity index (χ0v) is 10.1. The summed E-state index contributed by atoms with van der Waals surface area (Å²) in [7, 11) is 0. The van der Waals surface area contributed by atoms with Gasteiger partial charge in [0, 0.05) is 16.1 Å². The summed E-state index contributed by atoms with van der Waals surface area (Å²) in [4.78, 5) is 7.06. The van der Waals surface area contributed by atoms with Crippen molar-refractivity contribution in [3.8, 4) is 0 Å². The molecule has 88 valence electrons. The molecule has 0 N–H and O–H groups in total. The van der Waals surface area contributed by atoms with Gasteiger partial charge in [-0.05, 0) is 29.3 Å². The Morgan fingerprint density at radius 1 is 1.00 bits per heavy atom. The van der Waals surface area contributed by atoms with E-state index in [9.17, 15) is 0 Å². The minimum absolute atomic E-state index is 0.505. The number of para-hydroxylation sites is 1. The van der Waals surface area contributed by atoms with Crippen LogP contribution in [0, 0.1) is 0 Å². The molecule has 0 saturated heterocycles. The van der Waals surface area contributed by atoms with E-state index in [-0.39, 0.29) is 0 Å². The van der Waals surface area contributed by atoms with Gasteiger partial charge in [-0.15, -0.1) is 0 Å². The third-order valence-corrected chi connectivity index (χ3v) is 2.51. The summed E-state index contributed by atoms with van der Waals surface area (Å²) in [6, 6.07) is 14.5. The van der Waals surface area contributed by atoms with E-state index < -0.39 is 0 Å². The molecule has 0 atom stereocenters. The SMILES string of the molecule is [N-]=[N+]=Nc1ccccc1N=Cc1ccc(Cl)cc1. The highest BCUT2D eigenvalue weighted by Crippen LogP contribution is 2.27. The zero-order chi connectivity index (χ0) is 12.8. The molecule has 0 unspecified atom stereocenters. The Morgan fingerprint density at radius 2 is 1.67 bits per heavy atom. The van der Waals surface area contributed by atoms with Crippen molar-refractivity contribution < 1.29 is 0 Å². The largest absolute Gasteiger partial charge is 0.256 e. The van der Waals surface area contributed by atoms with Crippen molar-refractivity contribution in [1.82, 2.24) is 0 Å². The number of rotatable bonds is 3. The van der Waals surface area contributed by atoms with Crippen LogP contribution < -0.4 is 0 Å². The Kier molecular flexibility index (Phi) is 3.97. The molecule has 0 aliphatic rings. The standard InChI is InChI=1S/C13H9ClN4/c14-11-7-5-10(6-8-11)9-16-12-3-1-2-4-13(12)17-18-15/h1-9H. The lowest BCUT2D eigenvalue weighted by molar-refractivity contribution is 1.42. The van der Waals surface area contributed by atoms with Crippen LogP contribution in [0.3, 0.4) is 0 Å². The van der Waals surface area contributed by atoms with E-state index in [0.29, 0.717) is 16.4 Å². The first-order valence-electron chi connectivity index (χ1n) is 5.23. The summed E-state index contributed by atoms with van der Waals surface area (Å²) in [5.41, 5.74) is 10.5.